The van der Waals surface area contributed by atoms with Gasteiger partial charge in [0.05, 0.1) is 24.6 Å². The van der Waals surface area contributed by atoms with E-state index in [1.165, 1.54) is 17.2 Å². The van der Waals surface area contributed by atoms with E-state index in [1.54, 1.807) is 25.4 Å². The Morgan fingerprint density at radius 1 is 1.10 bits per heavy atom. The fraction of sp³-hybridized carbons (Fsp3) is 0.412. The number of hydrogen-bond acceptors (Lipinski definition) is 11. The second kappa shape index (κ2) is 17.6. The Hall–Kier alpha value is -5.49. The second-order valence-electron chi connectivity index (χ2n) is 12.1. The topological polar surface area (TPSA) is 196 Å². The van der Waals surface area contributed by atoms with Crippen LogP contribution in [-0.4, -0.2) is 69.8 Å². The summed E-state index contributed by atoms with van der Waals surface area (Å²) < 4.78 is 46.5. The van der Waals surface area contributed by atoms with Gasteiger partial charge in [-0.2, -0.15) is 18.2 Å². The van der Waals surface area contributed by atoms with E-state index in [0.717, 1.165) is 11.6 Å². The molecule has 0 bridgehead atoms. The number of aromatic nitrogens is 2. The normalized spacial score (nSPS) is 15.5. The number of unbranched alkanes of at least 4 members (excludes halogenated alkanes) is 1. The van der Waals surface area contributed by atoms with E-state index in [1.807, 2.05) is 26.0 Å². The lowest BCUT2D eigenvalue weighted by atomic mass is 9.89. The first-order valence-corrected chi connectivity index (χ1v) is 16.5. The number of aryl methyl sites for hydroxylation is 1. The first-order chi connectivity index (χ1) is 24.7. The molecule has 1 unspecified atom stereocenters. The number of carbonyl (C=O) groups excluding carboxylic acids is 4. The van der Waals surface area contributed by atoms with Crippen LogP contribution >= 0.6 is 0 Å². The standard InChI is InChI=1S/C34H41F3N8O7/c1-5-51-33(49)39-18-23-11-10-22(15-26(23)34(35,36)37)30(47)42-27-16-28(41-20(4)40-27)43-31-25-14-21(17-38-19(2)3)9-12-24(25)32(48)45(52-31)13-7-6-8-29(46)44-50/h9-12,14-16,19,24,38,50H,5-8,13,17-18H2,1-4H3,(H,39,49)(H,44,46)(H2,40,41,42,43,47). The van der Waals surface area contributed by atoms with Gasteiger partial charge in [0.2, 0.25) is 11.8 Å². The van der Waals surface area contributed by atoms with E-state index >= 15 is 0 Å². The highest BCUT2D eigenvalue weighted by atomic mass is 19.4. The van der Waals surface area contributed by atoms with E-state index in [-0.39, 0.29) is 66.0 Å². The summed E-state index contributed by atoms with van der Waals surface area (Å²) in [5.41, 5.74) is 1.28. The van der Waals surface area contributed by atoms with Crippen LogP contribution in [0.25, 0.3) is 0 Å². The van der Waals surface area contributed by atoms with Crippen LogP contribution in [0.5, 0.6) is 0 Å². The lowest BCUT2D eigenvalue weighted by Gasteiger charge is -2.34. The minimum atomic E-state index is -4.83. The van der Waals surface area contributed by atoms with Gasteiger partial charge in [-0.15, -0.1) is 0 Å². The Kier molecular flexibility index (Phi) is 13.3. The Bertz CT molecular complexity index is 1760. The summed E-state index contributed by atoms with van der Waals surface area (Å²) in [6.07, 6.45) is 0.537. The zero-order valence-electron chi connectivity index (χ0n) is 29.0. The Morgan fingerprint density at radius 2 is 1.85 bits per heavy atom. The quantitative estimate of drug-likeness (QED) is 0.0859. The molecule has 6 N–H and O–H groups in total. The molecule has 0 saturated carbocycles. The number of hydroxylamine groups is 3. The van der Waals surface area contributed by atoms with Crippen LogP contribution in [0.4, 0.5) is 29.6 Å². The summed E-state index contributed by atoms with van der Waals surface area (Å²) in [6.45, 7) is 7.33. The number of amides is 4. The zero-order chi connectivity index (χ0) is 38.0. The monoisotopic (exact) mass is 730 g/mol. The van der Waals surface area contributed by atoms with Crippen molar-refractivity contribution in [2.75, 3.05) is 30.3 Å². The maximum atomic E-state index is 13.9. The van der Waals surface area contributed by atoms with Gasteiger partial charge in [0, 0.05) is 42.8 Å². The number of ether oxygens (including phenoxy) is 1. The van der Waals surface area contributed by atoms with Gasteiger partial charge in [-0.25, -0.2) is 20.2 Å². The number of allylic oxidation sites excluding steroid dienone is 1. The minimum Gasteiger partial charge on any atom is -0.450 e. The van der Waals surface area contributed by atoms with Crippen LogP contribution in [0.1, 0.15) is 67.3 Å². The van der Waals surface area contributed by atoms with Crippen molar-refractivity contribution >= 4 is 35.5 Å². The van der Waals surface area contributed by atoms with Crippen LogP contribution in [0.2, 0.25) is 0 Å². The molecule has 1 atom stereocenters. The Labute approximate surface area is 297 Å². The Morgan fingerprint density at radius 3 is 2.54 bits per heavy atom. The first kappa shape index (κ1) is 39.3. The van der Waals surface area contributed by atoms with Gasteiger partial charge in [-0.05, 0) is 56.0 Å². The fourth-order valence-corrected chi connectivity index (χ4v) is 5.21. The average Bonchev–Trinajstić information content (AvgIpc) is 3.09. The molecular weight excluding hydrogens is 689 g/mol. The molecule has 4 rings (SSSR count). The highest BCUT2D eigenvalue weighted by Gasteiger charge is 2.37. The first-order valence-electron chi connectivity index (χ1n) is 16.5. The van der Waals surface area contributed by atoms with E-state index in [4.69, 9.17) is 14.8 Å². The predicted octanol–water partition coefficient (Wildman–Crippen LogP) is 4.49. The number of nitrogens with one attached hydrogen (secondary N) is 5. The van der Waals surface area contributed by atoms with Gasteiger partial charge < -0.3 is 30.8 Å². The van der Waals surface area contributed by atoms with Crippen LogP contribution in [0.3, 0.4) is 0 Å². The third-order valence-electron chi connectivity index (χ3n) is 7.71. The zero-order valence-corrected chi connectivity index (χ0v) is 29.0. The van der Waals surface area contributed by atoms with E-state index in [0.29, 0.717) is 31.0 Å². The smallest absolute Gasteiger partial charge is 0.416 e. The second-order valence-corrected chi connectivity index (χ2v) is 12.1. The highest BCUT2D eigenvalue weighted by Crippen LogP contribution is 2.34. The number of rotatable bonds is 15. The van der Waals surface area contributed by atoms with Crippen molar-refractivity contribution in [3.63, 3.8) is 0 Å². The van der Waals surface area contributed by atoms with Crippen LogP contribution in [0, 0.1) is 12.8 Å². The number of hydrogen-bond donors (Lipinski definition) is 6. The molecule has 0 fully saturated rings. The lowest BCUT2D eigenvalue weighted by molar-refractivity contribution is -0.179. The molecule has 52 heavy (non-hydrogen) atoms. The number of nitrogens with zero attached hydrogens (tertiary/aromatic N) is 3. The van der Waals surface area contributed by atoms with Crippen molar-refractivity contribution in [1.29, 1.82) is 0 Å². The molecule has 2 heterocycles. The molecule has 4 amide bonds. The maximum absolute atomic E-state index is 13.9. The number of alkyl carbamates (subject to hydrolysis) is 1. The summed E-state index contributed by atoms with van der Waals surface area (Å²) in [7, 11) is 0. The maximum Gasteiger partial charge on any atom is 0.416 e. The van der Waals surface area contributed by atoms with Crippen molar-refractivity contribution < 1.29 is 47.1 Å². The third kappa shape index (κ3) is 10.8. The minimum absolute atomic E-state index is 0.0319. The van der Waals surface area contributed by atoms with E-state index < -0.39 is 42.1 Å². The average molecular weight is 731 g/mol. The Balaban J connectivity index is 1.58. The number of fused-ring (bicyclic) bond motifs is 1. The van der Waals surface area contributed by atoms with Crippen molar-refractivity contribution in [2.24, 2.45) is 5.92 Å². The molecule has 0 radical (unpaired) electrons. The summed E-state index contributed by atoms with van der Waals surface area (Å²) >= 11 is 0. The number of benzene rings is 1. The molecule has 1 aliphatic heterocycles. The van der Waals surface area contributed by atoms with Gasteiger partial charge in [0.25, 0.3) is 11.8 Å². The van der Waals surface area contributed by atoms with Crippen LogP contribution < -0.4 is 26.7 Å². The van der Waals surface area contributed by atoms with Crippen molar-refractivity contribution in [1.82, 2.24) is 31.1 Å². The number of alkyl halides is 3. The summed E-state index contributed by atoms with van der Waals surface area (Å²) in [5, 5.41) is 21.1. The van der Waals surface area contributed by atoms with Crippen LogP contribution in [0.15, 0.2) is 59.5 Å². The molecule has 18 heteroatoms. The molecule has 2 aromatic rings. The summed E-state index contributed by atoms with van der Waals surface area (Å²) in [5.74, 6) is -1.99. The lowest BCUT2D eigenvalue weighted by Crippen LogP contribution is -2.43. The molecule has 280 valence electrons. The van der Waals surface area contributed by atoms with Gasteiger partial charge in [-0.1, -0.05) is 32.1 Å². The van der Waals surface area contributed by atoms with Gasteiger partial charge in [0.15, 0.2) is 0 Å². The molecule has 0 spiro atoms. The molecule has 0 saturated heterocycles. The molecule has 1 aromatic carbocycles. The number of carbonyl (C=O) groups is 4. The molecule has 1 aromatic heterocycles. The van der Waals surface area contributed by atoms with E-state index in [9.17, 15) is 32.3 Å². The van der Waals surface area contributed by atoms with Gasteiger partial charge in [-0.3, -0.25) is 19.6 Å². The number of halogens is 3. The summed E-state index contributed by atoms with van der Waals surface area (Å²) in [6, 6.07) is 4.54. The van der Waals surface area contributed by atoms with Crippen molar-refractivity contribution in [2.45, 2.75) is 65.7 Å². The molecular formula is C34H41F3N8O7. The molecule has 2 aliphatic rings. The third-order valence-corrected chi connectivity index (χ3v) is 7.71. The van der Waals surface area contributed by atoms with Crippen molar-refractivity contribution in [3.05, 3.63) is 82.0 Å². The summed E-state index contributed by atoms with van der Waals surface area (Å²) in [4.78, 5) is 64.3. The SMILES string of the molecule is CCOC(=O)NCc1ccc(C(=O)Nc2cc(NC3=C4C=C(CNC(C)C)C=CC4C(=O)N(CCCCC(=O)NO)O3)nc(C)n2)cc1C(F)(F)F. The van der Waals surface area contributed by atoms with E-state index in [2.05, 4.69) is 31.2 Å². The van der Waals surface area contributed by atoms with Crippen molar-refractivity contribution in [3.8, 4) is 0 Å². The van der Waals surface area contributed by atoms with Gasteiger partial charge in [0.1, 0.15) is 17.5 Å². The highest BCUT2D eigenvalue weighted by molar-refractivity contribution is 6.04. The van der Waals surface area contributed by atoms with Crippen LogP contribution in [-0.2, 0) is 31.9 Å². The van der Waals surface area contributed by atoms with Gasteiger partial charge >= 0.3 is 12.3 Å². The fourth-order valence-electron chi connectivity index (χ4n) is 5.21. The predicted molar refractivity (Wildman–Crippen MR) is 181 cm³/mol. The molecule has 15 nitrogen and oxygen atoms in total. The largest absolute Gasteiger partial charge is 0.450 e. The molecule has 1 aliphatic carbocycles. The number of anilines is 2.